The molecule has 1 N–H and O–H groups in total. The van der Waals surface area contributed by atoms with Gasteiger partial charge in [-0.1, -0.05) is 71.6 Å². The zero-order chi connectivity index (χ0) is 15.8. The lowest BCUT2D eigenvalue weighted by molar-refractivity contribution is -0.142. The third-order valence-corrected chi connectivity index (χ3v) is 3.85. The normalized spacial score (nSPS) is 12.3. The largest absolute Gasteiger partial charge is 0.465 e. The van der Waals surface area contributed by atoms with Crippen LogP contribution >= 0.6 is 0 Å². The molecule has 0 rings (SSSR count). The van der Waals surface area contributed by atoms with Crippen molar-refractivity contribution in [2.24, 2.45) is 0 Å². The highest BCUT2D eigenvalue weighted by atomic mass is 16.5. The number of unbranched alkanes of at least 4 members (excludes halogenated alkanes) is 8. The Hall–Kier alpha value is -0.570. The van der Waals surface area contributed by atoms with Crippen LogP contribution in [0.3, 0.4) is 0 Å². The van der Waals surface area contributed by atoms with Crippen LogP contribution in [0.4, 0.5) is 0 Å². The molecule has 1 atom stereocenters. The fourth-order valence-electron chi connectivity index (χ4n) is 2.34. The fraction of sp³-hybridized carbons (Fsp3) is 0.944. The molecule has 0 aromatic carbocycles. The first-order valence-corrected chi connectivity index (χ1v) is 9.09. The van der Waals surface area contributed by atoms with Gasteiger partial charge in [0, 0.05) is 6.04 Å². The molecule has 3 heteroatoms. The molecule has 0 aliphatic rings. The topological polar surface area (TPSA) is 38.3 Å². The van der Waals surface area contributed by atoms with Crippen molar-refractivity contribution in [3.8, 4) is 0 Å². The average molecular weight is 299 g/mol. The molecule has 0 aliphatic carbocycles. The first-order valence-electron chi connectivity index (χ1n) is 9.09. The molecule has 126 valence electrons. The molecule has 0 saturated heterocycles. The molecule has 1 unspecified atom stereocenters. The quantitative estimate of drug-likeness (QED) is 0.347. The van der Waals surface area contributed by atoms with Crippen LogP contribution in [-0.2, 0) is 9.53 Å². The zero-order valence-electron chi connectivity index (χ0n) is 14.6. The second-order valence-corrected chi connectivity index (χ2v) is 6.12. The number of carbonyl (C=O) groups is 1. The molecule has 0 spiro atoms. The van der Waals surface area contributed by atoms with Crippen molar-refractivity contribution in [3.05, 3.63) is 0 Å². The van der Waals surface area contributed by atoms with Gasteiger partial charge >= 0.3 is 5.97 Å². The van der Waals surface area contributed by atoms with Crippen LogP contribution < -0.4 is 5.32 Å². The molecule has 0 fully saturated rings. The lowest BCUT2D eigenvalue weighted by Crippen LogP contribution is -2.32. The van der Waals surface area contributed by atoms with Gasteiger partial charge in [-0.25, -0.2) is 0 Å². The molecule has 0 aliphatic heterocycles. The van der Waals surface area contributed by atoms with E-state index in [9.17, 15) is 4.79 Å². The van der Waals surface area contributed by atoms with Crippen LogP contribution in [0.2, 0.25) is 0 Å². The molecule has 0 saturated carbocycles. The summed E-state index contributed by atoms with van der Waals surface area (Å²) in [5, 5.41) is 3.22. The molecule has 0 aromatic rings. The van der Waals surface area contributed by atoms with Crippen molar-refractivity contribution in [1.29, 1.82) is 0 Å². The summed E-state index contributed by atoms with van der Waals surface area (Å²) in [6, 6.07) is 0.403. The number of hydrogen-bond donors (Lipinski definition) is 1. The fourth-order valence-corrected chi connectivity index (χ4v) is 2.34. The summed E-state index contributed by atoms with van der Waals surface area (Å²) in [5.74, 6) is -0.110. The number of carbonyl (C=O) groups excluding carboxylic acids is 1. The van der Waals surface area contributed by atoms with Gasteiger partial charge in [-0.05, 0) is 19.8 Å². The van der Waals surface area contributed by atoms with Crippen LogP contribution in [0.5, 0.6) is 0 Å². The van der Waals surface area contributed by atoms with E-state index in [1.54, 1.807) is 0 Å². The molecule has 0 aromatic heterocycles. The predicted octanol–water partition coefficient (Wildman–Crippen LogP) is 4.84. The standard InChI is InChI=1S/C18H37NO2/c1-4-6-8-9-10-11-12-13-15-21-18(20)16-19-17(3)14-7-5-2/h17,19H,4-16H2,1-3H3. The zero-order valence-corrected chi connectivity index (χ0v) is 14.6. The minimum Gasteiger partial charge on any atom is -0.465 e. The van der Waals surface area contributed by atoms with Crippen molar-refractivity contribution in [3.63, 3.8) is 0 Å². The minimum absolute atomic E-state index is 0.110. The number of ether oxygens (including phenoxy) is 1. The van der Waals surface area contributed by atoms with Gasteiger partial charge in [0.05, 0.1) is 13.2 Å². The lowest BCUT2D eigenvalue weighted by Gasteiger charge is -2.12. The van der Waals surface area contributed by atoms with E-state index < -0.39 is 0 Å². The third-order valence-electron chi connectivity index (χ3n) is 3.85. The Bertz CT molecular complexity index is 231. The van der Waals surface area contributed by atoms with E-state index in [4.69, 9.17) is 4.74 Å². The van der Waals surface area contributed by atoms with Crippen LogP contribution in [0, 0.1) is 0 Å². The van der Waals surface area contributed by atoms with E-state index in [2.05, 4.69) is 26.1 Å². The van der Waals surface area contributed by atoms with Gasteiger partial charge in [0.1, 0.15) is 0 Å². The Morgan fingerprint density at radius 2 is 1.48 bits per heavy atom. The van der Waals surface area contributed by atoms with E-state index in [1.165, 1.54) is 57.8 Å². The molecule has 21 heavy (non-hydrogen) atoms. The highest BCUT2D eigenvalue weighted by molar-refractivity contribution is 5.71. The lowest BCUT2D eigenvalue weighted by atomic mass is 10.1. The average Bonchev–Trinajstić information content (AvgIpc) is 2.49. The predicted molar refractivity (Wildman–Crippen MR) is 90.6 cm³/mol. The molecule has 3 nitrogen and oxygen atoms in total. The SMILES string of the molecule is CCCCCCCCCCOC(=O)CNC(C)CCCC. The summed E-state index contributed by atoms with van der Waals surface area (Å²) in [5.41, 5.74) is 0. The highest BCUT2D eigenvalue weighted by Gasteiger charge is 2.05. The maximum atomic E-state index is 11.5. The molecule has 0 amide bonds. The summed E-state index contributed by atoms with van der Waals surface area (Å²) in [6.07, 6.45) is 13.7. The monoisotopic (exact) mass is 299 g/mol. The second kappa shape index (κ2) is 15.8. The van der Waals surface area contributed by atoms with Gasteiger partial charge in [0.2, 0.25) is 0 Å². The molecular weight excluding hydrogens is 262 g/mol. The first kappa shape index (κ1) is 20.4. The summed E-state index contributed by atoms with van der Waals surface area (Å²) >= 11 is 0. The van der Waals surface area contributed by atoms with Gasteiger partial charge in [-0.2, -0.15) is 0 Å². The van der Waals surface area contributed by atoms with Crippen LogP contribution in [0.25, 0.3) is 0 Å². The Kier molecular flexibility index (Phi) is 15.4. The van der Waals surface area contributed by atoms with E-state index in [-0.39, 0.29) is 5.97 Å². The molecule has 0 heterocycles. The van der Waals surface area contributed by atoms with Crippen molar-refractivity contribution in [2.75, 3.05) is 13.2 Å². The van der Waals surface area contributed by atoms with Crippen LogP contribution in [0.1, 0.15) is 91.4 Å². The Balaban J connectivity index is 3.26. The van der Waals surface area contributed by atoms with Crippen molar-refractivity contribution in [1.82, 2.24) is 5.32 Å². The molecule has 0 radical (unpaired) electrons. The van der Waals surface area contributed by atoms with Crippen molar-refractivity contribution < 1.29 is 9.53 Å². The summed E-state index contributed by atoms with van der Waals surface area (Å²) in [4.78, 5) is 11.5. The number of nitrogens with one attached hydrogen (secondary N) is 1. The molecule has 0 bridgehead atoms. The van der Waals surface area contributed by atoms with Gasteiger partial charge in [0.25, 0.3) is 0 Å². The summed E-state index contributed by atoms with van der Waals surface area (Å²) < 4.78 is 5.24. The first-order chi connectivity index (χ1) is 10.2. The van der Waals surface area contributed by atoms with E-state index in [0.717, 1.165) is 12.8 Å². The van der Waals surface area contributed by atoms with Crippen LogP contribution in [-0.4, -0.2) is 25.2 Å². The third kappa shape index (κ3) is 15.6. The highest BCUT2D eigenvalue weighted by Crippen LogP contribution is 2.08. The number of hydrogen-bond acceptors (Lipinski definition) is 3. The van der Waals surface area contributed by atoms with Gasteiger partial charge in [-0.3, -0.25) is 4.79 Å². The van der Waals surface area contributed by atoms with Gasteiger partial charge in [0.15, 0.2) is 0 Å². The van der Waals surface area contributed by atoms with Gasteiger partial charge in [-0.15, -0.1) is 0 Å². The summed E-state index contributed by atoms with van der Waals surface area (Å²) in [7, 11) is 0. The van der Waals surface area contributed by atoms with Crippen molar-refractivity contribution >= 4 is 5.97 Å². The Morgan fingerprint density at radius 3 is 2.10 bits per heavy atom. The second-order valence-electron chi connectivity index (χ2n) is 6.12. The molecular formula is C18H37NO2. The Morgan fingerprint density at radius 1 is 0.905 bits per heavy atom. The number of esters is 1. The van der Waals surface area contributed by atoms with E-state index in [0.29, 0.717) is 19.2 Å². The Labute approximate surface area is 132 Å². The maximum Gasteiger partial charge on any atom is 0.319 e. The van der Waals surface area contributed by atoms with Crippen LogP contribution in [0.15, 0.2) is 0 Å². The smallest absolute Gasteiger partial charge is 0.319 e. The number of rotatable bonds is 15. The maximum absolute atomic E-state index is 11.5. The van der Waals surface area contributed by atoms with E-state index in [1.807, 2.05) is 0 Å². The van der Waals surface area contributed by atoms with Crippen molar-refractivity contribution in [2.45, 2.75) is 97.4 Å². The minimum atomic E-state index is -0.110. The van der Waals surface area contributed by atoms with E-state index >= 15 is 0 Å². The summed E-state index contributed by atoms with van der Waals surface area (Å²) in [6.45, 7) is 7.49. The van der Waals surface area contributed by atoms with Gasteiger partial charge < -0.3 is 10.1 Å².